The van der Waals surface area contributed by atoms with Gasteiger partial charge in [0.15, 0.2) is 0 Å². The van der Waals surface area contributed by atoms with Crippen LogP contribution in [0.2, 0.25) is 0 Å². The van der Waals surface area contributed by atoms with Gasteiger partial charge in [-0.1, -0.05) is 32.9 Å². The number of alkyl halides is 3. The summed E-state index contributed by atoms with van der Waals surface area (Å²) < 4.78 is 38.5. The van der Waals surface area contributed by atoms with Gasteiger partial charge in [-0.25, -0.2) is 15.0 Å². The van der Waals surface area contributed by atoms with Crippen molar-refractivity contribution in [1.82, 2.24) is 15.0 Å². The van der Waals surface area contributed by atoms with Gasteiger partial charge in [0.25, 0.3) is 0 Å². The Bertz CT molecular complexity index is 990. The number of thiazole rings is 1. The Kier molecular flexibility index (Phi) is 5.90. The van der Waals surface area contributed by atoms with Crippen LogP contribution in [0.5, 0.6) is 0 Å². The zero-order chi connectivity index (χ0) is 21.2. The van der Waals surface area contributed by atoms with E-state index in [1.807, 2.05) is 26.8 Å². The summed E-state index contributed by atoms with van der Waals surface area (Å²) in [5, 5.41) is 14.3. The molecule has 1 aromatic carbocycles. The number of hydrogen-bond acceptors (Lipinski definition) is 6. The number of anilines is 2. The molecule has 3 rings (SSSR count). The minimum absolute atomic E-state index is 0.0116. The highest BCUT2D eigenvalue weighted by molar-refractivity contribution is 7.15. The van der Waals surface area contributed by atoms with Crippen molar-refractivity contribution in [3.8, 4) is 10.4 Å². The third kappa shape index (κ3) is 4.56. The highest BCUT2D eigenvalue weighted by atomic mass is 32.1. The molecule has 1 atom stereocenters. The number of benzene rings is 1. The molecule has 5 nitrogen and oxygen atoms in total. The first-order valence-electron chi connectivity index (χ1n) is 9.10. The van der Waals surface area contributed by atoms with Crippen LogP contribution in [0.4, 0.5) is 24.8 Å². The molecule has 0 bridgehead atoms. The molecule has 2 aromatic heterocycles. The van der Waals surface area contributed by atoms with Gasteiger partial charge < -0.3 is 10.4 Å². The quantitative estimate of drug-likeness (QED) is 0.540. The molecule has 9 heteroatoms. The van der Waals surface area contributed by atoms with E-state index in [9.17, 15) is 18.3 Å². The second kappa shape index (κ2) is 8.08. The number of rotatable bonds is 6. The lowest BCUT2D eigenvalue weighted by molar-refractivity contribution is -0.141. The Morgan fingerprint density at radius 1 is 1.17 bits per heavy atom. The van der Waals surface area contributed by atoms with E-state index in [1.165, 1.54) is 11.3 Å². The summed E-state index contributed by atoms with van der Waals surface area (Å²) in [5.74, 6) is -0.125. The number of halogens is 3. The average molecular weight is 422 g/mol. The van der Waals surface area contributed by atoms with Crippen LogP contribution in [0.1, 0.15) is 37.9 Å². The first-order valence-corrected chi connectivity index (χ1v) is 9.91. The molecular weight excluding hydrogens is 401 g/mol. The number of nitrogens with zero attached hydrogens (tertiary/aromatic N) is 3. The molecule has 0 saturated carbocycles. The standard InChI is InChI=1S/C20H21F3N4OS/c1-4-19(28,12(2)3)17-25-11-15(29-17)13-6-5-7-14(10-13)26-18-24-9-8-16(27-18)20(21,22)23/h5-12,28H,4H2,1-3H3,(H,24,26,27). The molecular formula is C20H21F3N4OS. The first-order chi connectivity index (χ1) is 13.6. The third-order valence-electron chi connectivity index (χ3n) is 4.72. The molecule has 154 valence electrons. The molecule has 29 heavy (non-hydrogen) atoms. The van der Waals surface area contributed by atoms with E-state index in [0.717, 1.165) is 22.7 Å². The van der Waals surface area contributed by atoms with Crippen LogP contribution < -0.4 is 5.32 Å². The highest BCUT2D eigenvalue weighted by Gasteiger charge is 2.34. The van der Waals surface area contributed by atoms with Gasteiger partial charge in [-0.3, -0.25) is 0 Å². The molecule has 2 N–H and O–H groups in total. The van der Waals surface area contributed by atoms with E-state index in [0.29, 0.717) is 17.1 Å². The summed E-state index contributed by atoms with van der Waals surface area (Å²) in [6.07, 6.45) is -1.23. The smallest absolute Gasteiger partial charge is 0.382 e. The Hall–Kier alpha value is -2.52. The van der Waals surface area contributed by atoms with E-state index >= 15 is 0 Å². The van der Waals surface area contributed by atoms with Gasteiger partial charge in [-0.05, 0) is 36.1 Å². The zero-order valence-corrected chi connectivity index (χ0v) is 17.0. The molecule has 0 aliphatic carbocycles. The second-order valence-electron chi connectivity index (χ2n) is 6.93. The monoisotopic (exact) mass is 422 g/mol. The Balaban J connectivity index is 1.86. The summed E-state index contributed by atoms with van der Waals surface area (Å²) in [7, 11) is 0. The Labute approximate surface area is 170 Å². The maximum atomic E-state index is 12.8. The van der Waals surface area contributed by atoms with Crippen molar-refractivity contribution in [3.63, 3.8) is 0 Å². The lowest BCUT2D eigenvalue weighted by Crippen LogP contribution is -2.30. The average Bonchev–Trinajstić information content (AvgIpc) is 3.18. The van der Waals surface area contributed by atoms with Gasteiger partial charge in [0.05, 0.1) is 4.88 Å². The van der Waals surface area contributed by atoms with E-state index in [2.05, 4.69) is 20.3 Å². The van der Waals surface area contributed by atoms with Gasteiger partial charge in [0.1, 0.15) is 16.3 Å². The third-order valence-corrected chi connectivity index (χ3v) is 5.93. The summed E-state index contributed by atoms with van der Waals surface area (Å²) >= 11 is 1.40. The van der Waals surface area contributed by atoms with Crippen molar-refractivity contribution >= 4 is 23.0 Å². The van der Waals surface area contributed by atoms with Gasteiger partial charge in [-0.15, -0.1) is 11.3 Å². The van der Waals surface area contributed by atoms with Gasteiger partial charge in [0.2, 0.25) is 5.95 Å². The number of nitrogens with one attached hydrogen (secondary N) is 1. The van der Waals surface area contributed by atoms with E-state index < -0.39 is 17.5 Å². The number of hydrogen-bond donors (Lipinski definition) is 2. The number of aromatic nitrogens is 3. The molecule has 0 radical (unpaired) electrons. The zero-order valence-electron chi connectivity index (χ0n) is 16.2. The van der Waals surface area contributed by atoms with Crippen molar-refractivity contribution in [2.45, 2.75) is 39.0 Å². The SMILES string of the molecule is CCC(O)(c1ncc(-c2cccc(Nc3nccc(C(F)(F)F)n3)c2)s1)C(C)C. The number of aliphatic hydroxyl groups is 1. The molecule has 0 spiro atoms. The fourth-order valence-corrected chi connectivity index (χ4v) is 4.09. The van der Waals surface area contributed by atoms with E-state index in [1.54, 1.807) is 24.4 Å². The minimum Gasteiger partial charge on any atom is -0.382 e. The fraction of sp³-hybridized carbons (Fsp3) is 0.350. The maximum Gasteiger partial charge on any atom is 0.433 e. The second-order valence-corrected chi connectivity index (χ2v) is 7.96. The van der Waals surface area contributed by atoms with Crippen LogP contribution in [-0.4, -0.2) is 20.1 Å². The summed E-state index contributed by atoms with van der Waals surface area (Å²) in [5.41, 5.74) is -0.630. The predicted molar refractivity (Wildman–Crippen MR) is 107 cm³/mol. The lowest BCUT2D eigenvalue weighted by Gasteiger charge is -2.28. The Morgan fingerprint density at radius 3 is 2.59 bits per heavy atom. The first kappa shape index (κ1) is 21.2. The summed E-state index contributed by atoms with van der Waals surface area (Å²) in [6, 6.07) is 7.96. The van der Waals surface area contributed by atoms with Crippen LogP contribution in [0.3, 0.4) is 0 Å². The van der Waals surface area contributed by atoms with Crippen LogP contribution in [0, 0.1) is 5.92 Å². The summed E-state index contributed by atoms with van der Waals surface area (Å²) in [4.78, 5) is 12.6. The molecule has 2 heterocycles. The van der Waals surface area contributed by atoms with Crippen molar-refractivity contribution < 1.29 is 18.3 Å². The summed E-state index contributed by atoms with van der Waals surface area (Å²) in [6.45, 7) is 5.81. The topological polar surface area (TPSA) is 70.9 Å². The van der Waals surface area contributed by atoms with Crippen LogP contribution in [0.25, 0.3) is 10.4 Å². The van der Waals surface area contributed by atoms with Crippen molar-refractivity contribution in [2.75, 3.05) is 5.32 Å². The molecule has 0 fully saturated rings. The molecule has 3 aromatic rings. The van der Waals surface area contributed by atoms with Crippen molar-refractivity contribution in [2.24, 2.45) is 5.92 Å². The molecule has 0 aliphatic rings. The van der Waals surface area contributed by atoms with Crippen molar-refractivity contribution in [1.29, 1.82) is 0 Å². The molecule has 1 unspecified atom stereocenters. The fourth-order valence-electron chi connectivity index (χ4n) is 2.87. The van der Waals surface area contributed by atoms with E-state index in [-0.39, 0.29) is 11.9 Å². The predicted octanol–water partition coefficient (Wildman–Crippen LogP) is 5.62. The van der Waals surface area contributed by atoms with Gasteiger partial charge in [0, 0.05) is 18.1 Å². The van der Waals surface area contributed by atoms with Crippen molar-refractivity contribution in [3.05, 3.63) is 53.4 Å². The molecule has 0 saturated heterocycles. The van der Waals surface area contributed by atoms with E-state index in [4.69, 9.17) is 0 Å². The Morgan fingerprint density at radius 2 is 1.93 bits per heavy atom. The van der Waals surface area contributed by atoms with Gasteiger partial charge >= 0.3 is 6.18 Å². The van der Waals surface area contributed by atoms with Crippen LogP contribution in [0.15, 0.2) is 42.7 Å². The van der Waals surface area contributed by atoms with Crippen LogP contribution in [-0.2, 0) is 11.8 Å². The maximum absolute atomic E-state index is 12.8. The largest absolute Gasteiger partial charge is 0.433 e. The highest BCUT2D eigenvalue weighted by Crippen LogP contribution is 2.38. The van der Waals surface area contributed by atoms with Crippen LogP contribution >= 0.6 is 11.3 Å². The van der Waals surface area contributed by atoms with Gasteiger partial charge in [-0.2, -0.15) is 13.2 Å². The normalized spacial score (nSPS) is 14.1. The molecule has 0 amide bonds. The lowest BCUT2D eigenvalue weighted by atomic mass is 9.88. The molecule has 0 aliphatic heterocycles. The minimum atomic E-state index is -4.53.